The van der Waals surface area contributed by atoms with E-state index in [0.29, 0.717) is 17.1 Å². The van der Waals surface area contributed by atoms with Crippen molar-refractivity contribution in [1.82, 2.24) is 0 Å². The third-order valence-corrected chi connectivity index (χ3v) is 3.62. The van der Waals surface area contributed by atoms with Crippen molar-refractivity contribution >= 4 is 27.7 Å². The van der Waals surface area contributed by atoms with Crippen molar-refractivity contribution in [2.45, 2.75) is 4.90 Å². The molecule has 0 bridgehead atoms. The van der Waals surface area contributed by atoms with Crippen LogP contribution in [-0.2, 0) is 0 Å². The molecule has 2 rings (SSSR count). The molecule has 0 amide bonds. The average Bonchev–Trinajstić information content (AvgIpc) is 2.38. The van der Waals surface area contributed by atoms with Gasteiger partial charge in [-0.05, 0) is 36.6 Å². The summed E-state index contributed by atoms with van der Waals surface area (Å²) in [6.45, 7) is 0. The zero-order valence-corrected chi connectivity index (χ0v) is 12.1. The standard InChI is InChI=1S/C14H10BrNOS/c1-18-14-7-3-6-13(12(14)9-16)17-11-5-2-4-10(15)8-11/h2-8H,1H3. The topological polar surface area (TPSA) is 33.0 Å². The van der Waals surface area contributed by atoms with Crippen LogP contribution in [0.2, 0.25) is 0 Å². The van der Waals surface area contributed by atoms with Gasteiger partial charge in [-0.2, -0.15) is 5.26 Å². The van der Waals surface area contributed by atoms with Gasteiger partial charge in [0.25, 0.3) is 0 Å². The highest BCUT2D eigenvalue weighted by atomic mass is 79.9. The molecule has 4 heteroatoms. The molecule has 2 aromatic rings. The largest absolute Gasteiger partial charge is 0.456 e. The summed E-state index contributed by atoms with van der Waals surface area (Å²) in [7, 11) is 0. The van der Waals surface area contributed by atoms with Gasteiger partial charge in [-0.1, -0.05) is 28.1 Å². The third-order valence-electron chi connectivity index (χ3n) is 2.34. The van der Waals surface area contributed by atoms with Gasteiger partial charge < -0.3 is 4.74 Å². The monoisotopic (exact) mass is 319 g/mol. The molecule has 0 aliphatic carbocycles. The minimum atomic E-state index is 0.574. The summed E-state index contributed by atoms with van der Waals surface area (Å²) in [6.07, 6.45) is 1.94. The van der Waals surface area contributed by atoms with Gasteiger partial charge in [0.05, 0.1) is 0 Å². The number of rotatable bonds is 3. The molecule has 0 aromatic heterocycles. The van der Waals surface area contributed by atoms with Crippen molar-refractivity contribution in [3.05, 3.63) is 52.5 Å². The summed E-state index contributed by atoms with van der Waals surface area (Å²) >= 11 is 4.93. The number of nitriles is 1. The van der Waals surface area contributed by atoms with Gasteiger partial charge in [-0.3, -0.25) is 0 Å². The maximum Gasteiger partial charge on any atom is 0.146 e. The van der Waals surface area contributed by atoms with Gasteiger partial charge in [0, 0.05) is 9.37 Å². The molecule has 0 atom stereocenters. The lowest BCUT2D eigenvalue weighted by atomic mass is 10.2. The first-order chi connectivity index (χ1) is 8.74. The van der Waals surface area contributed by atoms with Gasteiger partial charge in [-0.25, -0.2) is 0 Å². The molecule has 0 aliphatic heterocycles. The summed E-state index contributed by atoms with van der Waals surface area (Å²) in [6, 6.07) is 15.3. The molecule has 0 heterocycles. The molecule has 2 aromatic carbocycles. The number of benzene rings is 2. The molecule has 0 saturated heterocycles. The first kappa shape index (κ1) is 13.0. The fourth-order valence-electron chi connectivity index (χ4n) is 1.53. The van der Waals surface area contributed by atoms with Gasteiger partial charge >= 0.3 is 0 Å². The van der Waals surface area contributed by atoms with E-state index in [1.54, 1.807) is 6.07 Å². The SMILES string of the molecule is CSc1cccc(Oc2cccc(Br)c2)c1C#N. The van der Waals surface area contributed by atoms with Crippen LogP contribution < -0.4 is 4.74 Å². The van der Waals surface area contributed by atoms with Crippen molar-refractivity contribution in [2.24, 2.45) is 0 Å². The van der Waals surface area contributed by atoms with E-state index in [-0.39, 0.29) is 0 Å². The molecule has 2 nitrogen and oxygen atoms in total. The Hall–Kier alpha value is -1.44. The van der Waals surface area contributed by atoms with Gasteiger partial charge in [0.15, 0.2) is 0 Å². The van der Waals surface area contributed by atoms with E-state index in [1.165, 1.54) is 11.8 Å². The van der Waals surface area contributed by atoms with Crippen LogP contribution in [0.15, 0.2) is 51.8 Å². The van der Waals surface area contributed by atoms with Crippen molar-refractivity contribution < 1.29 is 4.74 Å². The zero-order valence-electron chi connectivity index (χ0n) is 9.68. The van der Waals surface area contributed by atoms with Gasteiger partial charge in [0.2, 0.25) is 0 Å². The van der Waals surface area contributed by atoms with Crippen molar-refractivity contribution in [3.8, 4) is 17.6 Å². The normalized spacial score (nSPS) is 9.83. The Morgan fingerprint density at radius 3 is 2.67 bits per heavy atom. The van der Waals surface area contributed by atoms with Crippen LogP contribution in [0.5, 0.6) is 11.5 Å². The van der Waals surface area contributed by atoms with Gasteiger partial charge in [-0.15, -0.1) is 11.8 Å². The molecule has 0 radical (unpaired) electrons. The summed E-state index contributed by atoms with van der Waals surface area (Å²) in [5.74, 6) is 1.29. The second-order valence-corrected chi connectivity index (χ2v) is 5.27. The molecule has 0 fully saturated rings. The molecule has 90 valence electrons. The molecule has 0 unspecified atom stereocenters. The fraction of sp³-hybridized carbons (Fsp3) is 0.0714. The predicted octanol–water partition coefficient (Wildman–Crippen LogP) is 4.83. The molecular formula is C14H10BrNOS. The highest BCUT2D eigenvalue weighted by Gasteiger charge is 2.09. The number of thioether (sulfide) groups is 1. The van der Waals surface area contributed by atoms with E-state index >= 15 is 0 Å². The maximum atomic E-state index is 9.21. The van der Waals surface area contributed by atoms with E-state index in [0.717, 1.165) is 9.37 Å². The van der Waals surface area contributed by atoms with E-state index in [2.05, 4.69) is 22.0 Å². The minimum absolute atomic E-state index is 0.574. The number of hydrogen-bond donors (Lipinski definition) is 0. The average molecular weight is 320 g/mol. The van der Waals surface area contributed by atoms with Crippen molar-refractivity contribution in [3.63, 3.8) is 0 Å². The Balaban J connectivity index is 2.38. The van der Waals surface area contributed by atoms with Crippen LogP contribution in [-0.4, -0.2) is 6.26 Å². The Bertz CT molecular complexity index is 607. The lowest BCUT2D eigenvalue weighted by Crippen LogP contribution is -1.90. The predicted molar refractivity (Wildman–Crippen MR) is 77.2 cm³/mol. The fourth-order valence-corrected chi connectivity index (χ4v) is 2.48. The zero-order chi connectivity index (χ0) is 13.0. The van der Waals surface area contributed by atoms with E-state index in [1.807, 2.05) is 42.7 Å². The molecule has 0 saturated carbocycles. The van der Waals surface area contributed by atoms with Crippen LogP contribution in [0.1, 0.15) is 5.56 Å². The second-order valence-electron chi connectivity index (χ2n) is 3.50. The lowest BCUT2D eigenvalue weighted by Gasteiger charge is -2.09. The number of halogens is 1. The van der Waals surface area contributed by atoms with Crippen LogP contribution in [0, 0.1) is 11.3 Å². The Labute approximate surface area is 119 Å². The molecule has 18 heavy (non-hydrogen) atoms. The Morgan fingerprint density at radius 2 is 2.00 bits per heavy atom. The van der Waals surface area contributed by atoms with Crippen molar-refractivity contribution in [1.29, 1.82) is 5.26 Å². The Kier molecular flexibility index (Phi) is 4.29. The van der Waals surface area contributed by atoms with Crippen LogP contribution >= 0.6 is 27.7 Å². The van der Waals surface area contributed by atoms with Gasteiger partial charge in [0.1, 0.15) is 23.1 Å². The maximum absolute atomic E-state index is 9.21. The molecule has 0 spiro atoms. The highest BCUT2D eigenvalue weighted by Crippen LogP contribution is 2.32. The highest BCUT2D eigenvalue weighted by molar-refractivity contribution is 9.10. The molecule has 0 aliphatic rings. The second kappa shape index (κ2) is 5.94. The summed E-state index contributed by atoms with van der Waals surface area (Å²) in [4.78, 5) is 0.921. The van der Waals surface area contributed by atoms with Crippen LogP contribution in [0.4, 0.5) is 0 Å². The molecule has 0 N–H and O–H groups in total. The lowest BCUT2D eigenvalue weighted by molar-refractivity contribution is 0.479. The van der Waals surface area contributed by atoms with Crippen LogP contribution in [0.25, 0.3) is 0 Å². The van der Waals surface area contributed by atoms with E-state index in [9.17, 15) is 5.26 Å². The number of hydrogen-bond acceptors (Lipinski definition) is 3. The van der Waals surface area contributed by atoms with E-state index < -0.39 is 0 Å². The third kappa shape index (κ3) is 2.87. The van der Waals surface area contributed by atoms with E-state index in [4.69, 9.17) is 4.74 Å². The summed E-state index contributed by atoms with van der Waals surface area (Å²) in [5, 5.41) is 9.21. The summed E-state index contributed by atoms with van der Waals surface area (Å²) in [5.41, 5.74) is 0.574. The summed E-state index contributed by atoms with van der Waals surface area (Å²) < 4.78 is 6.70. The minimum Gasteiger partial charge on any atom is -0.456 e. The Morgan fingerprint density at radius 1 is 1.22 bits per heavy atom. The first-order valence-corrected chi connectivity index (χ1v) is 7.27. The quantitative estimate of drug-likeness (QED) is 0.759. The molecular weight excluding hydrogens is 310 g/mol. The first-order valence-electron chi connectivity index (χ1n) is 5.25. The number of nitrogens with zero attached hydrogens (tertiary/aromatic N) is 1. The van der Waals surface area contributed by atoms with Crippen molar-refractivity contribution in [2.75, 3.05) is 6.26 Å². The number of ether oxygens (including phenoxy) is 1. The van der Waals surface area contributed by atoms with Crippen LogP contribution in [0.3, 0.4) is 0 Å². The smallest absolute Gasteiger partial charge is 0.146 e.